The van der Waals surface area contributed by atoms with Gasteiger partial charge in [0.1, 0.15) is 5.75 Å². The highest BCUT2D eigenvalue weighted by molar-refractivity contribution is 7.80. The van der Waals surface area contributed by atoms with Gasteiger partial charge in [-0.05, 0) is 55.0 Å². The molecule has 22 heavy (non-hydrogen) atoms. The number of ether oxygens (including phenoxy) is 1. The van der Waals surface area contributed by atoms with Crippen molar-refractivity contribution >= 4 is 46.2 Å². The lowest BCUT2D eigenvalue weighted by atomic mass is 10.1. The fourth-order valence-electron chi connectivity index (χ4n) is 1.94. The van der Waals surface area contributed by atoms with Crippen LogP contribution in [0.1, 0.15) is 18.5 Å². The Labute approximate surface area is 145 Å². The van der Waals surface area contributed by atoms with Gasteiger partial charge in [-0.3, -0.25) is 0 Å². The van der Waals surface area contributed by atoms with Crippen LogP contribution in [0.15, 0.2) is 42.5 Å². The number of rotatable bonds is 4. The summed E-state index contributed by atoms with van der Waals surface area (Å²) in [6.07, 6.45) is 0. The summed E-state index contributed by atoms with van der Waals surface area (Å²) in [5.41, 5.74) is 1.78. The van der Waals surface area contributed by atoms with E-state index in [0.29, 0.717) is 20.8 Å². The highest BCUT2D eigenvalue weighted by atomic mass is 35.5. The summed E-state index contributed by atoms with van der Waals surface area (Å²) in [7, 11) is 1.64. The van der Waals surface area contributed by atoms with Gasteiger partial charge in [-0.25, -0.2) is 0 Å². The van der Waals surface area contributed by atoms with E-state index in [4.69, 9.17) is 40.2 Å². The Kier molecular flexibility index (Phi) is 5.89. The fourth-order valence-corrected chi connectivity index (χ4v) is 2.68. The summed E-state index contributed by atoms with van der Waals surface area (Å²) in [4.78, 5) is 0. The molecule has 3 nitrogen and oxygen atoms in total. The van der Waals surface area contributed by atoms with Crippen molar-refractivity contribution in [2.24, 2.45) is 0 Å². The van der Waals surface area contributed by atoms with Gasteiger partial charge < -0.3 is 15.4 Å². The normalized spacial score (nSPS) is 11.6. The molecule has 1 unspecified atom stereocenters. The number of anilines is 1. The van der Waals surface area contributed by atoms with Crippen LogP contribution in [-0.4, -0.2) is 12.2 Å². The maximum absolute atomic E-state index is 6.12. The van der Waals surface area contributed by atoms with Gasteiger partial charge >= 0.3 is 0 Å². The van der Waals surface area contributed by atoms with Gasteiger partial charge in [0.25, 0.3) is 0 Å². The largest absolute Gasteiger partial charge is 0.497 e. The van der Waals surface area contributed by atoms with E-state index in [1.54, 1.807) is 25.3 Å². The highest BCUT2D eigenvalue weighted by Crippen LogP contribution is 2.25. The van der Waals surface area contributed by atoms with Crippen molar-refractivity contribution in [1.29, 1.82) is 0 Å². The number of hydrogen-bond donors (Lipinski definition) is 2. The zero-order valence-electron chi connectivity index (χ0n) is 12.2. The zero-order valence-corrected chi connectivity index (χ0v) is 14.5. The van der Waals surface area contributed by atoms with Gasteiger partial charge in [-0.1, -0.05) is 35.3 Å². The van der Waals surface area contributed by atoms with Crippen molar-refractivity contribution < 1.29 is 4.74 Å². The molecule has 0 radical (unpaired) electrons. The Morgan fingerprint density at radius 3 is 2.64 bits per heavy atom. The Hall–Kier alpha value is -1.49. The predicted octanol–water partition coefficient (Wildman–Crippen LogP) is 5.05. The van der Waals surface area contributed by atoms with Gasteiger partial charge in [0, 0.05) is 5.02 Å². The van der Waals surface area contributed by atoms with Crippen LogP contribution in [-0.2, 0) is 0 Å². The first kappa shape index (κ1) is 16.9. The number of benzene rings is 2. The van der Waals surface area contributed by atoms with Crippen molar-refractivity contribution in [2.75, 3.05) is 12.4 Å². The topological polar surface area (TPSA) is 33.3 Å². The molecular weight excluding hydrogens is 339 g/mol. The van der Waals surface area contributed by atoms with E-state index in [9.17, 15) is 0 Å². The van der Waals surface area contributed by atoms with E-state index >= 15 is 0 Å². The molecule has 0 saturated carbocycles. The van der Waals surface area contributed by atoms with Crippen LogP contribution in [0.4, 0.5) is 5.69 Å². The third-order valence-electron chi connectivity index (χ3n) is 3.12. The van der Waals surface area contributed by atoms with Gasteiger partial charge in [0.15, 0.2) is 5.11 Å². The minimum absolute atomic E-state index is 0.0289. The SMILES string of the molecule is COc1cccc(C(C)NC(=S)Nc2ccc(Cl)cc2Cl)c1. The van der Waals surface area contributed by atoms with Crippen molar-refractivity contribution in [3.63, 3.8) is 0 Å². The van der Waals surface area contributed by atoms with Crippen LogP contribution in [0.3, 0.4) is 0 Å². The molecule has 0 aliphatic rings. The molecule has 0 fully saturated rings. The van der Waals surface area contributed by atoms with Crippen LogP contribution < -0.4 is 15.4 Å². The molecular formula is C16H16Cl2N2OS. The average Bonchev–Trinajstić information content (AvgIpc) is 2.50. The third kappa shape index (κ3) is 4.50. The van der Waals surface area contributed by atoms with E-state index < -0.39 is 0 Å². The van der Waals surface area contributed by atoms with E-state index in [0.717, 1.165) is 11.3 Å². The molecule has 1 atom stereocenters. The molecule has 2 aromatic carbocycles. The molecule has 0 aliphatic heterocycles. The predicted molar refractivity (Wildman–Crippen MR) is 97.2 cm³/mol. The third-order valence-corrected chi connectivity index (χ3v) is 3.89. The number of halogens is 2. The van der Waals surface area contributed by atoms with Crippen molar-refractivity contribution in [2.45, 2.75) is 13.0 Å². The van der Waals surface area contributed by atoms with Crippen molar-refractivity contribution in [3.8, 4) is 5.75 Å². The molecule has 0 heterocycles. The monoisotopic (exact) mass is 354 g/mol. The first-order chi connectivity index (χ1) is 10.5. The standard InChI is InChI=1S/C16H16Cl2N2OS/c1-10(11-4-3-5-13(8-11)21-2)19-16(22)20-15-7-6-12(17)9-14(15)18/h3-10H,1-2H3,(H2,19,20,22). The first-order valence-electron chi connectivity index (χ1n) is 6.66. The molecule has 0 amide bonds. The van der Waals surface area contributed by atoms with E-state index in [1.165, 1.54) is 0 Å². The van der Waals surface area contributed by atoms with Crippen LogP contribution >= 0.6 is 35.4 Å². The lowest BCUT2D eigenvalue weighted by Gasteiger charge is -2.18. The van der Waals surface area contributed by atoms with Crippen molar-refractivity contribution in [3.05, 3.63) is 58.1 Å². The lowest BCUT2D eigenvalue weighted by molar-refractivity contribution is 0.413. The number of thiocarbonyl (C=S) groups is 1. The van der Waals surface area contributed by atoms with Gasteiger partial charge in [0.2, 0.25) is 0 Å². The molecule has 2 aromatic rings. The van der Waals surface area contributed by atoms with E-state index in [1.807, 2.05) is 31.2 Å². The fraction of sp³-hybridized carbons (Fsp3) is 0.188. The minimum atomic E-state index is 0.0289. The Morgan fingerprint density at radius 2 is 1.95 bits per heavy atom. The van der Waals surface area contributed by atoms with Crippen LogP contribution in [0, 0.1) is 0 Å². The molecule has 0 saturated heterocycles. The molecule has 2 rings (SSSR count). The van der Waals surface area contributed by atoms with Crippen LogP contribution in [0.2, 0.25) is 10.0 Å². The number of hydrogen-bond acceptors (Lipinski definition) is 2. The first-order valence-corrected chi connectivity index (χ1v) is 7.82. The Morgan fingerprint density at radius 1 is 1.18 bits per heavy atom. The quantitative estimate of drug-likeness (QED) is 0.752. The average molecular weight is 355 g/mol. The molecule has 0 spiro atoms. The zero-order chi connectivity index (χ0) is 16.1. The smallest absolute Gasteiger partial charge is 0.171 e. The summed E-state index contributed by atoms with van der Waals surface area (Å²) in [6, 6.07) is 13.1. The van der Waals surface area contributed by atoms with Crippen LogP contribution in [0.5, 0.6) is 5.75 Å². The van der Waals surface area contributed by atoms with Crippen LogP contribution in [0.25, 0.3) is 0 Å². The summed E-state index contributed by atoms with van der Waals surface area (Å²) >= 11 is 17.3. The summed E-state index contributed by atoms with van der Waals surface area (Å²) in [5, 5.41) is 7.86. The maximum Gasteiger partial charge on any atom is 0.171 e. The second kappa shape index (κ2) is 7.68. The molecule has 6 heteroatoms. The van der Waals surface area contributed by atoms with E-state index in [-0.39, 0.29) is 6.04 Å². The minimum Gasteiger partial charge on any atom is -0.497 e. The highest BCUT2D eigenvalue weighted by Gasteiger charge is 2.09. The van der Waals surface area contributed by atoms with E-state index in [2.05, 4.69) is 10.6 Å². The lowest BCUT2D eigenvalue weighted by Crippen LogP contribution is -2.31. The van der Waals surface area contributed by atoms with Gasteiger partial charge in [-0.15, -0.1) is 0 Å². The Bertz CT molecular complexity index is 679. The summed E-state index contributed by atoms with van der Waals surface area (Å²) < 4.78 is 5.23. The number of methoxy groups -OCH3 is 1. The molecule has 2 N–H and O–H groups in total. The molecule has 0 aromatic heterocycles. The second-order valence-electron chi connectivity index (χ2n) is 4.72. The van der Waals surface area contributed by atoms with Gasteiger partial charge in [-0.2, -0.15) is 0 Å². The molecule has 0 aliphatic carbocycles. The summed E-state index contributed by atoms with van der Waals surface area (Å²) in [5.74, 6) is 0.811. The Balaban J connectivity index is 2.01. The summed E-state index contributed by atoms with van der Waals surface area (Å²) in [6.45, 7) is 2.02. The van der Waals surface area contributed by atoms with Gasteiger partial charge in [0.05, 0.1) is 23.9 Å². The second-order valence-corrected chi connectivity index (χ2v) is 5.97. The molecule has 116 valence electrons. The maximum atomic E-state index is 6.12. The van der Waals surface area contributed by atoms with Crippen molar-refractivity contribution in [1.82, 2.24) is 5.32 Å². The number of nitrogens with one attached hydrogen (secondary N) is 2. The molecule has 0 bridgehead atoms.